The molecule has 0 unspecified atom stereocenters. The molecule has 4 nitrogen and oxygen atoms in total. The third kappa shape index (κ3) is 4.20. The van der Waals surface area contributed by atoms with Crippen LogP contribution < -0.4 is 5.11 Å². The monoisotopic (exact) mass is 380 g/mol. The Morgan fingerprint density at radius 1 is 1.46 bits per heavy atom. The molecule has 1 atom stereocenters. The third-order valence-corrected chi connectivity index (χ3v) is 5.69. The number of carbonyl (C=O) groups excluding carboxylic acids is 2. The SMILES string of the molecule is CSCC[C@H](C(=O)[O-])N1C(=O)/C(=C\c2ccc(C)cc2C)SC1=S. The van der Waals surface area contributed by atoms with E-state index in [1.165, 1.54) is 16.7 Å². The van der Waals surface area contributed by atoms with E-state index >= 15 is 0 Å². The standard InChI is InChI=1S/C17H19NO3S3/c1-10-4-5-12(11(2)8-10)9-14-15(19)18(17(22)24-14)13(16(20)21)6-7-23-3/h4-5,8-9,13H,6-7H2,1-3H3,(H,20,21)/p-1/b14-9+/t13-/m1/s1. The molecule has 0 bridgehead atoms. The molecule has 0 aromatic heterocycles. The van der Waals surface area contributed by atoms with Crippen molar-refractivity contribution in [3.8, 4) is 0 Å². The third-order valence-electron chi connectivity index (χ3n) is 3.71. The molecule has 1 aromatic rings. The zero-order chi connectivity index (χ0) is 17.9. The smallest absolute Gasteiger partial charge is 0.266 e. The number of thiocarbonyl (C=S) groups is 1. The highest BCUT2D eigenvalue weighted by molar-refractivity contribution is 8.26. The maximum atomic E-state index is 12.7. The molecule has 0 radical (unpaired) electrons. The lowest BCUT2D eigenvalue weighted by molar-refractivity contribution is -0.310. The average molecular weight is 381 g/mol. The number of carboxylic acid groups (broad SMARTS) is 1. The molecule has 128 valence electrons. The van der Waals surface area contributed by atoms with E-state index in [0.29, 0.717) is 17.1 Å². The summed E-state index contributed by atoms with van der Waals surface area (Å²) in [5.41, 5.74) is 3.13. The van der Waals surface area contributed by atoms with Crippen molar-refractivity contribution in [2.45, 2.75) is 26.3 Å². The number of thioether (sulfide) groups is 2. The second-order valence-corrected chi connectivity index (χ2v) is 8.19. The first-order valence-corrected chi connectivity index (χ1v) is 10.0. The summed E-state index contributed by atoms with van der Waals surface area (Å²) >= 11 is 7.90. The first kappa shape index (κ1) is 19.0. The number of hydrogen-bond acceptors (Lipinski definition) is 6. The zero-order valence-electron chi connectivity index (χ0n) is 13.7. The van der Waals surface area contributed by atoms with Gasteiger partial charge >= 0.3 is 0 Å². The predicted octanol–water partition coefficient (Wildman–Crippen LogP) is 2.38. The van der Waals surface area contributed by atoms with Crippen LogP contribution in [0.3, 0.4) is 0 Å². The number of hydrogen-bond donors (Lipinski definition) is 0. The minimum atomic E-state index is -1.27. The molecule has 1 aliphatic rings. The number of amides is 1. The summed E-state index contributed by atoms with van der Waals surface area (Å²) < 4.78 is 0.270. The Morgan fingerprint density at radius 2 is 2.17 bits per heavy atom. The molecule has 1 saturated heterocycles. The van der Waals surface area contributed by atoms with Crippen LogP contribution >= 0.6 is 35.7 Å². The van der Waals surface area contributed by atoms with Gasteiger partial charge in [-0.05, 0) is 49.5 Å². The number of benzene rings is 1. The van der Waals surface area contributed by atoms with Gasteiger partial charge in [-0.1, -0.05) is 47.7 Å². The van der Waals surface area contributed by atoms with Crippen LogP contribution in [-0.4, -0.2) is 39.1 Å². The van der Waals surface area contributed by atoms with Gasteiger partial charge in [0.05, 0.1) is 16.9 Å². The van der Waals surface area contributed by atoms with Crippen molar-refractivity contribution in [3.63, 3.8) is 0 Å². The minimum absolute atomic E-state index is 0.270. The van der Waals surface area contributed by atoms with Gasteiger partial charge in [-0.2, -0.15) is 11.8 Å². The molecular weight excluding hydrogens is 362 g/mol. The fourth-order valence-corrected chi connectivity index (χ4v) is 4.27. The summed E-state index contributed by atoms with van der Waals surface area (Å²) in [6.07, 6.45) is 3.97. The summed E-state index contributed by atoms with van der Waals surface area (Å²) in [5, 5.41) is 11.4. The van der Waals surface area contributed by atoms with Gasteiger partial charge in [0, 0.05) is 0 Å². The Balaban J connectivity index is 2.30. The van der Waals surface area contributed by atoms with Gasteiger partial charge in [0.2, 0.25) is 0 Å². The Kier molecular flexibility index (Phi) is 6.48. The Bertz CT molecular complexity index is 715. The lowest BCUT2D eigenvalue weighted by Crippen LogP contribution is -2.50. The molecule has 0 aliphatic carbocycles. The molecule has 7 heteroatoms. The highest BCUT2D eigenvalue weighted by Crippen LogP contribution is 2.35. The Labute approximate surface area is 155 Å². The molecule has 1 aromatic carbocycles. The normalized spacial score (nSPS) is 17.6. The van der Waals surface area contributed by atoms with Crippen LogP contribution in [0.1, 0.15) is 23.1 Å². The summed E-state index contributed by atoms with van der Waals surface area (Å²) in [6.45, 7) is 3.98. The average Bonchev–Trinajstić information content (AvgIpc) is 2.78. The molecule has 1 aliphatic heterocycles. The van der Waals surface area contributed by atoms with Gasteiger partial charge in [-0.25, -0.2) is 0 Å². The number of nitrogens with zero attached hydrogens (tertiary/aromatic N) is 1. The van der Waals surface area contributed by atoms with E-state index in [-0.39, 0.29) is 10.2 Å². The molecule has 0 saturated carbocycles. The summed E-state index contributed by atoms with van der Waals surface area (Å²) in [6, 6.07) is 4.94. The van der Waals surface area contributed by atoms with Gasteiger partial charge in [-0.15, -0.1) is 0 Å². The Hall–Kier alpha value is -1.31. The van der Waals surface area contributed by atoms with E-state index in [9.17, 15) is 14.7 Å². The minimum Gasteiger partial charge on any atom is -0.548 e. The van der Waals surface area contributed by atoms with Crippen molar-refractivity contribution in [3.05, 3.63) is 39.8 Å². The number of aliphatic carboxylic acids is 1. The van der Waals surface area contributed by atoms with Crippen LogP contribution in [0.15, 0.2) is 23.1 Å². The molecular formula is C17H18NO3S3-. The van der Waals surface area contributed by atoms with Crippen LogP contribution in [0.5, 0.6) is 0 Å². The van der Waals surface area contributed by atoms with Gasteiger partial charge in [-0.3, -0.25) is 9.69 Å². The molecule has 0 N–H and O–H groups in total. The van der Waals surface area contributed by atoms with Gasteiger partial charge < -0.3 is 9.90 Å². The lowest BCUT2D eigenvalue weighted by Gasteiger charge is -2.27. The molecule has 2 rings (SSSR count). The number of aryl methyl sites for hydroxylation is 2. The van der Waals surface area contributed by atoms with Crippen molar-refractivity contribution in [1.82, 2.24) is 4.90 Å². The van der Waals surface area contributed by atoms with Crippen LogP contribution in [-0.2, 0) is 9.59 Å². The lowest BCUT2D eigenvalue weighted by atomic mass is 10.1. The molecule has 1 amide bonds. The van der Waals surface area contributed by atoms with Crippen molar-refractivity contribution in [2.24, 2.45) is 0 Å². The topological polar surface area (TPSA) is 60.4 Å². The molecule has 1 heterocycles. The van der Waals surface area contributed by atoms with Gasteiger partial charge in [0.1, 0.15) is 4.32 Å². The van der Waals surface area contributed by atoms with Crippen molar-refractivity contribution >= 4 is 58.0 Å². The van der Waals surface area contributed by atoms with Crippen LogP contribution in [0.4, 0.5) is 0 Å². The van der Waals surface area contributed by atoms with Crippen LogP contribution in [0.25, 0.3) is 6.08 Å². The number of rotatable bonds is 6. The van der Waals surface area contributed by atoms with E-state index in [4.69, 9.17) is 12.2 Å². The summed E-state index contributed by atoms with van der Waals surface area (Å²) in [5.74, 6) is -1.01. The molecule has 0 spiro atoms. The fourth-order valence-electron chi connectivity index (χ4n) is 2.46. The number of carboxylic acids is 1. The summed E-state index contributed by atoms with van der Waals surface area (Å²) in [4.78, 5) is 25.7. The van der Waals surface area contributed by atoms with E-state index in [0.717, 1.165) is 28.5 Å². The van der Waals surface area contributed by atoms with Crippen molar-refractivity contribution in [2.75, 3.05) is 12.0 Å². The van der Waals surface area contributed by atoms with Gasteiger partial charge in [0.15, 0.2) is 0 Å². The maximum absolute atomic E-state index is 12.7. The number of carbonyl (C=O) groups is 2. The predicted molar refractivity (Wildman–Crippen MR) is 103 cm³/mol. The van der Waals surface area contributed by atoms with Crippen LogP contribution in [0, 0.1) is 13.8 Å². The van der Waals surface area contributed by atoms with E-state index in [1.54, 1.807) is 6.08 Å². The highest BCUT2D eigenvalue weighted by Gasteiger charge is 2.37. The first-order chi connectivity index (χ1) is 11.3. The van der Waals surface area contributed by atoms with Crippen molar-refractivity contribution < 1.29 is 14.7 Å². The van der Waals surface area contributed by atoms with E-state index in [2.05, 4.69) is 0 Å². The fraction of sp³-hybridized carbons (Fsp3) is 0.353. The van der Waals surface area contributed by atoms with Crippen molar-refractivity contribution in [1.29, 1.82) is 0 Å². The molecule has 1 fully saturated rings. The van der Waals surface area contributed by atoms with Crippen LogP contribution in [0.2, 0.25) is 0 Å². The second-order valence-electron chi connectivity index (χ2n) is 5.53. The Morgan fingerprint density at radius 3 is 2.75 bits per heavy atom. The first-order valence-electron chi connectivity index (χ1n) is 7.39. The summed E-state index contributed by atoms with van der Waals surface area (Å²) in [7, 11) is 0. The quantitative estimate of drug-likeness (QED) is 0.558. The van der Waals surface area contributed by atoms with Gasteiger partial charge in [0.25, 0.3) is 5.91 Å². The maximum Gasteiger partial charge on any atom is 0.266 e. The molecule has 24 heavy (non-hydrogen) atoms. The zero-order valence-corrected chi connectivity index (χ0v) is 16.1. The second kappa shape index (κ2) is 8.18. The largest absolute Gasteiger partial charge is 0.548 e. The van der Waals surface area contributed by atoms with E-state index in [1.807, 2.05) is 38.3 Å². The van der Waals surface area contributed by atoms with E-state index < -0.39 is 12.0 Å². The highest BCUT2D eigenvalue weighted by atomic mass is 32.2.